The Morgan fingerprint density at radius 3 is 2.15 bits per heavy atom. The first kappa shape index (κ1) is 16.1. The van der Waals surface area contributed by atoms with E-state index >= 15 is 0 Å². The Morgan fingerprint density at radius 1 is 1.15 bits per heavy atom. The SMILES string of the molecule is COC(=O)c1ccc(NC(=S)NC(=O)C(C)(C)C)cc1. The predicted octanol–water partition coefficient (Wildman–Crippen LogP) is 2.33. The maximum absolute atomic E-state index is 11.7. The largest absolute Gasteiger partial charge is 0.465 e. The molecule has 0 spiro atoms. The van der Waals surface area contributed by atoms with Gasteiger partial charge in [-0.05, 0) is 36.5 Å². The lowest BCUT2D eigenvalue weighted by Gasteiger charge is -2.18. The minimum absolute atomic E-state index is 0.166. The van der Waals surface area contributed by atoms with Gasteiger partial charge in [-0.25, -0.2) is 4.79 Å². The first-order valence-corrected chi connectivity index (χ1v) is 6.45. The Bertz CT molecular complexity index is 518. The van der Waals surface area contributed by atoms with Crippen LogP contribution in [0.5, 0.6) is 0 Å². The normalized spacial score (nSPS) is 10.6. The molecule has 2 N–H and O–H groups in total. The van der Waals surface area contributed by atoms with E-state index in [2.05, 4.69) is 15.4 Å². The van der Waals surface area contributed by atoms with Gasteiger partial charge in [0.05, 0.1) is 12.7 Å². The number of carbonyl (C=O) groups excluding carboxylic acids is 2. The van der Waals surface area contributed by atoms with Crippen LogP contribution in [0.4, 0.5) is 5.69 Å². The molecular weight excluding hydrogens is 276 g/mol. The molecule has 6 heteroatoms. The minimum atomic E-state index is -0.513. The second-order valence-corrected chi connectivity index (χ2v) is 5.64. The molecule has 0 atom stereocenters. The van der Waals surface area contributed by atoms with Gasteiger partial charge in [-0.1, -0.05) is 20.8 Å². The Morgan fingerprint density at radius 2 is 1.70 bits per heavy atom. The van der Waals surface area contributed by atoms with Crippen LogP contribution in [0.15, 0.2) is 24.3 Å². The average molecular weight is 294 g/mol. The minimum Gasteiger partial charge on any atom is -0.465 e. The molecule has 1 rings (SSSR count). The van der Waals surface area contributed by atoms with Crippen molar-refractivity contribution in [2.45, 2.75) is 20.8 Å². The van der Waals surface area contributed by atoms with E-state index in [4.69, 9.17) is 12.2 Å². The lowest BCUT2D eigenvalue weighted by Crippen LogP contribution is -2.41. The van der Waals surface area contributed by atoms with Crippen molar-refractivity contribution in [1.82, 2.24) is 5.32 Å². The molecule has 0 aliphatic rings. The van der Waals surface area contributed by atoms with E-state index in [0.717, 1.165) is 0 Å². The number of methoxy groups -OCH3 is 1. The molecule has 20 heavy (non-hydrogen) atoms. The van der Waals surface area contributed by atoms with Gasteiger partial charge in [-0.15, -0.1) is 0 Å². The van der Waals surface area contributed by atoms with Gasteiger partial charge in [0.2, 0.25) is 5.91 Å². The molecule has 0 unspecified atom stereocenters. The number of anilines is 1. The third-order valence-electron chi connectivity index (χ3n) is 2.47. The average Bonchev–Trinajstić information content (AvgIpc) is 2.37. The molecule has 0 heterocycles. The summed E-state index contributed by atoms with van der Waals surface area (Å²) in [5.41, 5.74) is 0.611. The van der Waals surface area contributed by atoms with Crippen LogP contribution in [0.3, 0.4) is 0 Å². The molecule has 1 amide bonds. The number of thiocarbonyl (C=S) groups is 1. The molecule has 0 aliphatic carbocycles. The van der Waals surface area contributed by atoms with E-state index in [1.807, 2.05) is 0 Å². The van der Waals surface area contributed by atoms with Crippen LogP contribution in [-0.4, -0.2) is 24.1 Å². The summed E-state index contributed by atoms with van der Waals surface area (Å²) in [4.78, 5) is 23.0. The summed E-state index contributed by atoms with van der Waals surface area (Å²) in [6.45, 7) is 5.41. The number of ether oxygens (including phenoxy) is 1. The predicted molar refractivity (Wildman–Crippen MR) is 81.6 cm³/mol. The third kappa shape index (κ3) is 4.62. The highest BCUT2D eigenvalue weighted by molar-refractivity contribution is 7.80. The van der Waals surface area contributed by atoms with Crippen LogP contribution < -0.4 is 10.6 Å². The number of carbonyl (C=O) groups is 2. The lowest BCUT2D eigenvalue weighted by molar-refractivity contribution is -0.126. The molecule has 0 aromatic heterocycles. The molecule has 0 saturated carbocycles. The van der Waals surface area contributed by atoms with E-state index < -0.39 is 11.4 Å². The molecule has 1 aromatic carbocycles. The van der Waals surface area contributed by atoms with Crippen molar-refractivity contribution in [3.05, 3.63) is 29.8 Å². The van der Waals surface area contributed by atoms with Gasteiger partial charge in [-0.2, -0.15) is 0 Å². The van der Waals surface area contributed by atoms with Crippen molar-refractivity contribution in [2.75, 3.05) is 12.4 Å². The summed E-state index contributed by atoms with van der Waals surface area (Å²) in [7, 11) is 1.33. The van der Waals surface area contributed by atoms with E-state index in [1.165, 1.54) is 7.11 Å². The second kappa shape index (κ2) is 6.47. The van der Waals surface area contributed by atoms with Crippen LogP contribution in [0.1, 0.15) is 31.1 Å². The zero-order valence-electron chi connectivity index (χ0n) is 11.9. The number of rotatable bonds is 2. The summed E-state index contributed by atoms with van der Waals surface area (Å²) < 4.78 is 4.61. The summed E-state index contributed by atoms with van der Waals surface area (Å²) in [5.74, 6) is -0.568. The fourth-order valence-electron chi connectivity index (χ4n) is 1.26. The number of amides is 1. The van der Waals surface area contributed by atoms with Gasteiger partial charge in [0.1, 0.15) is 0 Å². The van der Waals surface area contributed by atoms with Crippen molar-refractivity contribution in [1.29, 1.82) is 0 Å². The highest BCUT2D eigenvalue weighted by atomic mass is 32.1. The maximum atomic E-state index is 11.7. The summed E-state index contributed by atoms with van der Waals surface area (Å²) in [6.07, 6.45) is 0. The first-order valence-electron chi connectivity index (χ1n) is 6.05. The number of hydrogen-bond acceptors (Lipinski definition) is 4. The van der Waals surface area contributed by atoms with Crippen molar-refractivity contribution in [3.63, 3.8) is 0 Å². The molecule has 0 aliphatic heterocycles. The molecule has 0 radical (unpaired) electrons. The Kier molecular flexibility index (Phi) is 5.21. The van der Waals surface area contributed by atoms with E-state index in [-0.39, 0.29) is 11.0 Å². The lowest BCUT2D eigenvalue weighted by atomic mass is 9.96. The smallest absolute Gasteiger partial charge is 0.337 e. The quantitative estimate of drug-likeness (QED) is 0.647. The summed E-state index contributed by atoms with van der Waals surface area (Å²) >= 11 is 5.05. The highest BCUT2D eigenvalue weighted by Crippen LogP contribution is 2.13. The number of hydrogen-bond donors (Lipinski definition) is 2. The van der Waals surface area contributed by atoms with Crippen molar-refractivity contribution < 1.29 is 14.3 Å². The highest BCUT2D eigenvalue weighted by Gasteiger charge is 2.21. The fraction of sp³-hybridized carbons (Fsp3) is 0.357. The standard InChI is InChI=1S/C14H18N2O3S/c1-14(2,3)12(18)16-13(20)15-10-7-5-9(6-8-10)11(17)19-4/h5-8H,1-4H3,(H2,15,16,18,20). The Labute approximate surface area is 123 Å². The van der Waals surface area contributed by atoms with E-state index in [9.17, 15) is 9.59 Å². The third-order valence-corrected chi connectivity index (χ3v) is 2.68. The van der Waals surface area contributed by atoms with Gasteiger partial charge in [0.15, 0.2) is 5.11 Å². The number of benzene rings is 1. The Hall–Kier alpha value is -1.95. The van der Waals surface area contributed by atoms with Crippen molar-refractivity contribution in [2.24, 2.45) is 5.41 Å². The van der Waals surface area contributed by atoms with Gasteiger partial charge < -0.3 is 15.4 Å². The molecule has 1 aromatic rings. The maximum Gasteiger partial charge on any atom is 0.337 e. The van der Waals surface area contributed by atoms with Crippen LogP contribution in [0, 0.1) is 5.41 Å². The fourth-order valence-corrected chi connectivity index (χ4v) is 1.47. The number of esters is 1. The van der Waals surface area contributed by atoms with Crippen LogP contribution >= 0.6 is 12.2 Å². The number of nitrogens with one attached hydrogen (secondary N) is 2. The van der Waals surface area contributed by atoms with Crippen molar-refractivity contribution in [3.8, 4) is 0 Å². The van der Waals surface area contributed by atoms with Gasteiger partial charge >= 0.3 is 5.97 Å². The zero-order valence-corrected chi connectivity index (χ0v) is 12.8. The van der Waals surface area contributed by atoms with Gasteiger partial charge in [0.25, 0.3) is 0 Å². The Balaban J connectivity index is 2.63. The van der Waals surface area contributed by atoms with E-state index in [1.54, 1.807) is 45.0 Å². The topological polar surface area (TPSA) is 67.4 Å². The van der Waals surface area contributed by atoms with Crippen LogP contribution in [0.2, 0.25) is 0 Å². The van der Waals surface area contributed by atoms with Crippen LogP contribution in [0.25, 0.3) is 0 Å². The molecule has 5 nitrogen and oxygen atoms in total. The molecule has 0 bridgehead atoms. The first-order chi connectivity index (χ1) is 9.24. The molecule has 0 fully saturated rings. The molecular formula is C14H18N2O3S. The molecule has 108 valence electrons. The van der Waals surface area contributed by atoms with Crippen LogP contribution in [-0.2, 0) is 9.53 Å². The zero-order chi connectivity index (χ0) is 15.3. The molecule has 0 saturated heterocycles. The van der Waals surface area contributed by atoms with Gasteiger partial charge in [-0.3, -0.25) is 4.79 Å². The van der Waals surface area contributed by atoms with Gasteiger partial charge in [0, 0.05) is 11.1 Å². The monoisotopic (exact) mass is 294 g/mol. The second-order valence-electron chi connectivity index (χ2n) is 5.23. The summed E-state index contributed by atoms with van der Waals surface area (Å²) in [5, 5.41) is 5.70. The van der Waals surface area contributed by atoms with E-state index in [0.29, 0.717) is 11.3 Å². The summed E-state index contributed by atoms with van der Waals surface area (Å²) in [6, 6.07) is 6.59. The van der Waals surface area contributed by atoms with Crippen molar-refractivity contribution >= 4 is 34.9 Å².